The van der Waals surface area contributed by atoms with Crippen LogP contribution in [0.1, 0.15) is 22.8 Å². The van der Waals surface area contributed by atoms with Crippen molar-refractivity contribution in [1.82, 2.24) is 15.8 Å². The highest BCUT2D eigenvalue weighted by Gasteiger charge is 2.11. The van der Waals surface area contributed by atoms with Crippen LogP contribution in [0.25, 0.3) is 17.0 Å². The Morgan fingerprint density at radius 2 is 1.90 bits per heavy atom. The van der Waals surface area contributed by atoms with Crippen LogP contribution in [0.15, 0.2) is 60.8 Å². The van der Waals surface area contributed by atoms with Gasteiger partial charge in [-0.2, -0.15) is 0 Å². The van der Waals surface area contributed by atoms with Crippen LogP contribution in [0.4, 0.5) is 0 Å². The van der Waals surface area contributed by atoms with Crippen molar-refractivity contribution in [3.63, 3.8) is 0 Å². The van der Waals surface area contributed by atoms with Gasteiger partial charge in [0.05, 0.1) is 19.2 Å². The summed E-state index contributed by atoms with van der Waals surface area (Å²) in [6.07, 6.45) is 4.68. The van der Waals surface area contributed by atoms with Crippen LogP contribution in [-0.2, 0) is 4.79 Å². The topological polar surface area (TPSA) is 89.6 Å². The van der Waals surface area contributed by atoms with E-state index in [1.807, 2.05) is 37.3 Å². The molecule has 0 aliphatic heterocycles. The summed E-state index contributed by atoms with van der Waals surface area (Å²) in [4.78, 5) is 28.7. The van der Waals surface area contributed by atoms with Crippen molar-refractivity contribution < 1.29 is 19.1 Å². The minimum Gasteiger partial charge on any atom is -0.493 e. The number of ether oxygens (including phenoxy) is 2. The van der Waals surface area contributed by atoms with Gasteiger partial charge >= 0.3 is 0 Å². The molecule has 0 radical (unpaired) electrons. The van der Waals surface area contributed by atoms with Crippen LogP contribution in [0, 0.1) is 0 Å². The van der Waals surface area contributed by atoms with Gasteiger partial charge in [-0.25, -0.2) is 0 Å². The molecule has 0 atom stereocenters. The SMILES string of the molecule is CCOc1ccc(C(=O)NNC(=O)/C=C/c2cccc3cccnc23)cc1OC. The van der Waals surface area contributed by atoms with E-state index in [2.05, 4.69) is 15.8 Å². The van der Waals surface area contributed by atoms with E-state index in [0.717, 1.165) is 16.5 Å². The molecule has 29 heavy (non-hydrogen) atoms. The number of benzene rings is 2. The molecular formula is C22H21N3O4. The quantitative estimate of drug-likeness (QED) is 0.498. The number of hydrogen-bond donors (Lipinski definition) is 2. The average molecular weight is 391 g/mol. The molecule has 0 spiro atoms. The predicted octanol–water partition coefficient (Wildman–Crippen LogP) is 3.12. The predicted molar refractivity (Wildman–Crippen MR) is 111 cm³/mol. The Hall–Kier alpha value is -3.87. The molecule has 0 unspecified atom stereocenters. The number of pyridine rings is 1. The Morgan fingerprint density at radius 1 is 1.07 bits per heavy atom. The average Bonchev–Trinajstić information content (AvgIpc) is 2.76. The number of hydrogen-bond acceptors (Lipinski definition) is 5. The zero-order chi connectivity index (χ0) is 20.6. The lowest BCUT2D eigenvalue weighted by Gasteiger charge is -2.11. The second kappa shape index (κ2) is 9.36. The number of para-hydroxylation sites is 1. The first-order valence-electron chi connectivity index (χ1n) is 9.05. The summed E-state index contributed by atoms with van der Waals surface area (Å²) in [5, 5.41) is 0.979. The summed E-state index contributed by atoms with van der Waals surface area (Å²) < 4.78 is 10.7. The van der Waals surface area contributed by atoms with Crippen molar-refractivity contribution in [3.8, 4) is 11.5 Å². The van der Waals surface area contributed by atoms with E-state index in [9.17, 15) is 9.59 Å². The second-order valence-corrected chi connectivity index (χ2v) is 6.00. The molecule has 2 N–H and O–H groups in total. The van der Waals surface area contributed by atoms with Crippen LogP contribution in [0.5, 0.6) is 11.5 Å². The molecular weight excluding hydrogens is 370 g/mol. The highest BCUT2D eigenvalue weighted by Crippen LogP contribution is 2.27. The third-order valence-corrected chi connectivity index (χ3v) is 4.10. The molecule has 2 amide bonds. The summed E-state index contributed by atoms with van der Waals surface area (Å²) in [6, 6.07) is 14.3. The first kappa shape index (κ1) is 19.9. The largest absolute Gasteiger partial charge is 0.493 e. The number of carbonyl (C=O) groups excluding carboxylic acids is 2. The van der Waals surface area contributed by atoms with E-state index in [-0.39, 0.29) is 0 Å². The van der Waals surface area contributed by atoms with Crippen molar-refractivity contribution in [2.75, 3.05) is 13.7 Å². The smallest absolute Gasteiger partial charge is 0.269 e. The lowest BCUT2D eigenvalue weighted by Crippen LogP contribution is -2.40. The lowest BCUT2D eigenvalue weighted by atomic mass is 10.1. The monoisotopic (exact) mass is 391 g/mol. The zero-order valence-corrected chi connectivity index (χ0v) is 16.1. The Kier molecular flexibility index (Phi) is 6.42. The van der Waals surface area contributed by atoms with Gasteiger partial charge in [-0.3, -0.25) is 25.4 Å². The lowest BCUT2D eigenvalue weighted by molar-refractivity contribution is -0.117. The standard InChI is InChI=1S/C22H21N3O4/c1-3-29-18-11-9-17(14-19(18)28-2)22(27)25-24-20(26)12-10-16-7-4-6-15-8-5-13-23-21(15)16/h4-14H,3H2,1-2H3,(H,24,26)(H,25,27)/b12-10+. The normalized spacial score (nSPS) is 10.7. The fourth-order valence-corrected chi connectivity index (χ4v) is 2.74. The molecule has 0 aliphatic carbocycles. The van der Waals surface area contributed by atoms with E-state index in [4.69, 9.17) is 9.47 Å². The molecule has 2 aromatic carbocycles. The number of methoxy groups -OCH3 is 1. The van der Waals surface area contributed by atoms with Gasteiger partial charge in [-0.1, -0.05) is 24.3 Å². The van der Waals surface area contributed by atoms with E-state index < -0.39 is 11.8 Å². The van der Waals surface area contributed by atoms with Crippen molar-refractivity contribution >= 4 is 28.8 Å². The molecule has 148 valence electrons. The van der Waals surface area contributed by atoms with Crippen LogP contribution < -0.4 is 20.3 Å². The zero-order valence-electron chi connectivity index (χ0n) is 16.1. The summed E-state index contributed by atoms with van der Waals surface area (Å²) in [5.74, 6) is 0.0421. The number of rotatable bonds is 6. The van der Waals surface area contributed by atoms with Crippen LogP contribution in [0.3, 0.4) is 0 Å². The van der Waals surface area contributed by atoms with Crippen LogP contribution in [-0.4, -0.2) is 30.5 Å². The third kappa shape index (κ3) is 4.90. The molecule has 0 bridgehead atoms. The Bertz CT molecular complexity index is 1060. The van der Waals surface area contributed by atoms with E-state index in [0.29, 0.717) is 23.7 Å². The summed E-state index contributed by atoms with van der Waals surface area (Å²) in [6.45, 7) is 2.34. The number of hydrazine groups is 1. The summed E-state index contributed by atoms with van der Waals surface area (Å²) in [7, 11) is 1.49. The van der Waals surface area contributed by atoms with Crippen molar-refractivity contribution in [1.29, 1.82) is 0 Å². The molecule has 0 saturated heterocycles. The van der Waals surface area contributed by atoms with Gasteiger partial charge in [-0.15, -0.1) is 0 Å². The highest BCUT2D eigenvalue weighted by atomic mass is 16.5. The van der Waals surface area contributed by atoms with Gasteiger partial charge in [0, 0.05) is 28.8 Å². The maximum absolute atomic E-state index is 12.3. The first-order chi connectivity index (χ1) is 14.1. The first-order valence-corrected chi connectivity index (χ1v) is 9.05. The Balaban J connectivity index is 1.63. The van der Waals surface area contributed by atoms with Crippen molar-refractivity contribution in [3.05, 3.63) is 71.9 Å². The Labute approximate surface area is 168 Å². The third-order valence-electron chi connectivity index (χ3n) is 4.10. The summed E-state index contributed by atoms with van der Waals surface area (Å²) in [5.41, 5.74) is 6.66. The number of nitrogens with one attached hydrogen (secondary N) is 2. The van der Waals surface area contributed by atoms with Gasteiger partial charge < -0.3 is 9.47 Å². The van der Waals surface area contributed by atoms with Crippen molar-refractivity contribution in [2.45, 2.75) is 6.92 Å². The van der Waals surface area contributed by atoms with E-state index in [1.54, 1.807) is 30.5 Å². The molecule has 7 nitrogen and oxygen atoms in total. The van der Waals surface area contributed by atoms with Crippen LogP contribution in [0.2, 0.25) is 0 Å². The maximum atomic E-state index is 12.3. The van der Waals surface area contributed by atoms with Gasteiger partial charge in [0.15, 0.2) is 11.5 Å². The fourth-order valence-electron chi connectivity index (χ4n) is 2.74. The number of nitrogens with zero attached hydrogens (tertiary/aromatic N) is 1. The maximum Gasteiger partial charge on any atom is 0.269 e. The molecule has 3 rings (SSSR count). The minimum atomic E-state index is -0.472. The number of fused-ring (bicyclic) bond motifs is 1. The molecule has 7 heteroatoms. The van der Waals surface area contributed by atoms with Crippen LogP contribution >= 0.6 is 0 Å². The van der Waals surface area contributed by atoms with Gasteiger partial charge in [-0.05, 0) is 37.3 Å². The van der Waals surface area contributed by atoms with Crippen molar-refractivity contribution in [2.24, 2.45) is 0 Å². The second-order valence-electron chi connectivity index (χ2n) is 6.00. The highest BCUT2D eigenvalue weighted by molar-refractivity contribution is 5.99. The summed E-state index contributed by atoms with van der Waals surface area (Å²) >= 11 is 0. The molecule has 1 aromatic heterocycles. The number of carbonyl (C=O) groups is 2. The van der Waals surface area contributed by atoms with E-state index in [1.165, 1.54) is 13.2 Å². The molecule has 1 heterocycles. The number of aromatic nitrogens is 1. The number of amides is 2. The minimum absolute atomic E-state index is 0.327. The van der Waals surface area contributed by atoms with Gasteiger partial charge in [0.2, 0.25) is 0 Å². The van der Waals surface area contributed by atoms with Gasteiger partial charge in [0.1, 0.15) is 0 Å². The fraction of sp³-hybridized carbons (Fsp3) is 0.136. The molecule has 0 saturated carbocycles. The molecule has 0 aliphatic rings. The van der Waals surface area contributed by atoms with Gasteiger partial charge in [0.25, 0.3) is 11.8 Å². The Morgan fingerprint density at radius 3 is 2.69 bits per heavy atom. The van der Waals surface area contributed by atoms with E-state index >= 15 is 0 Å². The molecule has 0 fully saturated rings. The molecule has 3 aromatic rings.